The molecule has 76 heavy (non-hydrogen) atoms. The molecule has 416 valence electrons. The summed E-state index contributed by atoms with van der Waals surface area (Å²) in [6.45, 7) is 7.88. The van der Waals surface area contributed by atoms with Crippen LogP contribution in [0, 0.1) is 5.92 Å². The molecule has 8 atom stereocenters. The van der Waals surface area contributed by atoms with Crippen molar-refractivity contribution in [1.29, 1.82) is 0 Å². The minimum atomic E-state index is -1.46. The van der Waals surface area contributed by atoms with Crippen LogP contribution in [0.15, 0.2) is 43.0 Å². The summed E-state index contributed by atoms with van der Waals surface area (Å²) in [6, 6.07) is -2.99. The lowest BCUT2D eigenvalue weighted by Crippen LogP contribution is -2.60. The lowest BCUT2D eigenvalue weighted by Gasteiger charge is -2.32. The third-order valence-corrected chi connectivity index (χ3v) is 14.3. The SMILES string of the molecule is CSCC[C@H](NC(=O)[C@H](CC(C)C)NC(=O)[C@H](Cc1cnc[nH]1)NC(=O)CNC(=O)[C@@H]1N(C(=O)[C@@H](C)NC(=O)[C@H](Cc2c[nH]c3ccccc23)NC(=O)[C@H](CCC(N)=O)NC(=O)[C@@H](N)CC(N)=O)CSC1(C)C)C(N)=O. The standard InChI is InChI=1S/C48H71N15O11S2/c1-24(2)15-33(44(71)59-31(40(52)67)13-14-75-6)61-45(72)35(17-27-20-53-22-56-27)58-38(66)21-55-46(73)39-48(4,5)76-23-63(39)47(74)25(3)57-43(70)34(16-26-19-54-30-10-8-7-9-28(26)30)62-42(69)32(11-12-36(50)64)60-41(68)29(49)18-37(51)65/h7-10,19-20,22,24-25,29,31-35,39,54H,11-18,21,23,49H2,1-6H3,(H2,50,64)(H2,51,65)(H2,52,67)(H,53,56)(H,55,73)(H,57,70)(H,58,66)(H,59,71)(H,60,68)(H,61,72)(H,62,69)/t25-,29+,31+,32+,33+,34+,35+,39+/m1/s1. The number of imidazole rings is 1. The summed E-state index contributed by atoms with van der Waals surface area (Å²) in [5.41, 5.74) is 23.7. The van der Waals surface area contributed by atoms with Crippen LogP contribution in [0.3, 0.4) is 0 Å². The monoisotopic (exact) mass is 1100 g/mol. The average Bonchev–Trinajstić information content (AvgIpc) is 4.10. The Morgan fingerprint density at radius 3 is 2.03 bits per heavy atom. The summed E-state index contributed by atoms with van der Waals surface area (Å²) >= 11 is 2.73. The number of H-pyrrole nitrogens is 2. The van der Waals surface area contributed by atoms with E-state index in [9.17, 15) is 52.7 Å². The Kier molecular flexibility index (Phi) is 23.1. The molecule has 0 spiro atoms. The number of carbonyl (C=O) groups excluding carboxylic acids is 11. The molecule has 0 radical (unpaired) electrons. The van der Waals surface area contributed by atoms with Gasteiger partial charge in [0.15, 0.2) is 0 Å². The number of hydrogen-bond donors (Lipinski definition) is 13. The number of primary amides is 3. The van der Waals surface area contributed by atoms with Crippen LogP contribution < -0.4 is 60.2 Å². The van der Waals surface area contributed by atoms with E-state index in [1.807, 2.05) is 20.1 Å². The van der Waals surface area contributed by atoms with E-state index < -0.39 is 131 Å². The van der Waals surface area contributed by atoms with Crippen molar-refractivity contribution in [1.82, 2.24) is 57.1 Å². The second-order valence-electron chi connectivity index (χ2n) is 19.3. The number of para-hydroxylation sites is 1. The molecule has 2 aromatic heterocycles. The van der Waals surface area contributed by atoms with Gasteiger partial charge in [0.1, 0.15) is 42.3 Å². The molecule has 28 heteroatoms. The first-order valence-electron chi connectivity index (χ1n) is 24.5. The number of amides is 11. The fourth-order valence-electron chi connectivity index (χ4n) is 8.29. The van der Waals surface area contributed by atoms with E-state index in [-0.39, 0.29) is 50.3 Å². The van der Waals surface area contributed by atoms with Gasteiger partial charge in [-0.25, -0.2) is 4.98 Å². The fourth-order valence-corrected chi connectivity index (χ4v) is 9.90. The Hall–Kier alpha value is -7.20. The van der Waals surface area contributed by atoms with Crippen molar-refractivity contribution in [2.75, 3.05) is 24.4 Å². The lowest BCUT2D eigenvalue weighted by atomic mass is 10.00. The van der Waals surface area contributed by atoms with Crippen LogP contribution in [0.4, 0.5) is 0 Å². The molecule has 4 rings (SSSR count). The highest BCUT2D eigenvalue weighted by Crippen LogP contribution is 2.39. The summed E-state index contributed by atoms with van der Waals surface area (Å²) in [4.78, 5) is 157. The van der Waals surface area contributed by atoms with Gasteiger partial charge in [0, 0.05) is 53.0 Å². The summed E-state index contributed by atoms with van der Waals surface area (Å²) < 4.78 is -0.923. The van der Waals surface area contributed by atoms with Gasteiger partial charge in [0.2, 0.25) is 65.0 Å². The van der Waals surface area contributed by atoms with E-state index >= 15 is 0 Å². The molecular formula is C48H71N15O11S2. The van der Waals surface area contributed by atoms with Crippen molar-refractivity contribution in [2.24, 2.45) is 28.9 Å². The van der Waals surface area contributed by atoms with E-state index in [0.717, 1.165) is 10.9 Å². The van der Waals surface area contributed by atoms with Crippen LogP contribution in [0.5, 0.6) is 0 Å². The fraction of sp³-hybridized carbons (Fsp3) is 0.542. The molecule has 1 aromatic carbocycles. The predicted octanol–water partition coefficient (Wildman–Crippen LogP) is -2.85. The molecule has 1 saturated heterocycles. The van der Waals surface area contributed by atoms with Gasteiger partial charge in [-0.15, -0.1) is 11.8 Å². The topological polar surface area (TPSA) is 424 Å². The van der Waals surface area contributed by atoms with Crippen LogP contribution in [-0.4, -0.2) is 162 Å². The van der Waals surface area contributed by atoms with Crippen molar-refractivity contribution in [3.05, 3.63) is 54.2 Å². The summed E-state index contributed by atoms with van der Waals surface area (Å²) in [6.07, 6.45) is 5.33. The number of benzene rings is 1. The molecule has 1 aliphatic rings. The minimum absolute atomic E-state index is 0.000263. The number of nitrogens with one attached hydrogen (secondary N) is 9. The summed E-state index contributed by atoms with van der Waals surface area (Å²) in [5.74, 6) is -8.21. The number of fused-ring (bicyclic) bond motifs is 1. The molecule has 0 bridgehead atoms. The molecule has 3 heterocycles. The van der Waals surface area contributed by atoms with Crippen LogP contribution >= 0.6 is 23.5 Å². The van der Waals surface area contributed by atoms with Gasteiger partial charge in [-0.05, 0) is 69.6 Å². The highest BCUT2D eigenvalue weighted by atomic mass is 32.2. The van der Waals surface area contributed by atoms with E-state index in [1.54, 1.807) is 44.3 Å². The third-order valence-electron chi connectivity index (χ3n) is 12.3. The van der Waals surface area contributed by atoms with Gasteiger partial charge in [0.25, 0.3) is 0 Å². The lowest BCUT2D eigenvalue weighted by molar-refractivity contribution is -0.142. The zero-order chi connectivity index (χ0) is 56.4. The zero-order valence-electron chi connectivity index (χ0n) is 43.3. The van der Waals surface area contributed by atoms with E-state index in [0.29, 0.717) is 17.0 Å². The van der Waals surface area contributed by atoms with Crippen LogP contribution in [-0.2, 0) is 65.6 Å². The first-order valence-corrected chi connectivity index (χ1v) is 26.9. The highest BCUT2D eigenvalue weighted by Gasteiger charge is 2.49. The maximum absolute atomic E-state index is 14.3. The molecular weight excluding hydrogens is 1030 g/mol. The molecule has 11 amide bonds. The van der Waals surface area contributed by atoms with Crippen molar-refractivity contribution < 1.29 is 52.7 Å². The smallest absolute Gasteiger partial charge is 0.246 e. The van der Waals surface area contributed by atoms with Crippen molar-refractivity contribution in [3.63, 3.8) is 0 Å². The Bertz CT molecular complexity index is 2580. The Labute approximate surface area is 447 Å². The number of aromatic nitrogens is 3. The summed E-state index contributed by atoms with van der Waals surface area (Å²) in [7, 11) is 0. The third kappa shape index (κ3) is 18.3. The van der Waals surface area contributed by atoms with Gasteiger partial charge < -0.3 is 75.0 Å². The van der Waals surface area contributed by atoms with Gasteiger partial charge in [-0.3, -0.25) is 52.7 Å². The number of nitrogens with zero attached hydrogens (tertiary/aromatic N) is 2. The summed E-state index contributed by atoms with van der Waals surface area (Å²) in [5, 5.41) is 18.9. The van der Waals surface area contributed by atoms with Crippen molar-refractivity contribution in [3.8, 4) is 0 Å². The maximum atomic E-state index is 14.3. The van der Waals surface area contributed by atoms with Crippen molar-refractivity contribution >= 4 is 99.4 Å². The normalized spacial score (nSPS) is 16.7. The maximum Gasteiger partial charge on any atom is 0.246 e. The predicted molar refractivity (Wildman–Crippen MR) is 284 cm³/mol. The van der Waals surface area contributed by atoms with E-state index in [2.05, 4.69) is 52.2 Å². The number of rotatable bonds is 30. The average molecular weight is 1100 g/mol. The molecule has 0 saturated carbocycles. The molecule has 17 N–H and O–H groups in total. The Morgan fingerprint density at radius 1 is 0.776 bits per heavy atom. The largest absolute Gasteiger partial charge is 0.370 e. The molecule has 26 nitrogen and oxygen atoms in total. The quantitative estimate of drug-likeness (QED) is 0.0320. The van der Waals surface area contributed by atoms with Gasteiger partial charge in [0.05, 0.1) is 31.2 Å². The number of carbonyl (C=O) groups is 11. The Morgan fingerprint density at radius 2 is 1.39 bits per heavy atom. The van der Waals surface area contributed by atoms with Crippen molar-refractivity contribution in [2.45, 2.75) is 133 Å². The first kappa shape index (κ1) is 61.3. The molecule has 0 unspecified atom stereocenters. The number of aromatic amines is 2. The highest BCUT2D eigenvalue weighted by molar-refractivity contribution is 8.00. The zero-order valence-corrected chi connectivity index (χ0v) is 45.0. The second kappa shape index (κ2) is 28.6. The van der Waals surface area contributed by atoms with E-state index in [1.165, 1.54) is 47.9 Å². The van der Waals surface area contributed by atoms with Gasteiger partial charge >= 0.3 is 0 Å². The molecule has 1 aliphatic heterocycles. The minimum Gasteiger partial charge on any atom is -0.370 e. The van der Waals surface area contributed by atoms with Gasteiger partial charge in [-0.2, -0.15) is 11.8 Å². The number of thioether (sulfide) groups is 2. The Balaban J connectivity index is 1.50. The first-order chi connectivity index (χ1) is 35.8. The van der Waals surface area contributed by atoms with Crippen LogP contribution in [0.2, 0.25) is 0 Å². The second-order valence-corrected chi connectivity index (χ2v) is 21.9. The van der Waals surface area contributed by atoms with Gasteiger partial charge in [-0.1, -0.05) is 32.0 Å². The molecule has 1 fully saturated rings. The number of hydrogen-bond acceptors (Lipinski definition) is 15. The molecule has 3 aromatic rings. The molecule has 0 aliphatic carbocycles. The van der Waals surface area contributed by atoms with Crippen LogP contribution in [0.1, 0.15) is 78.0 Å². The van der Waals surface area contributed by atoms with Crippen LogP contribution in [0.25, 0.3) is 10.9 Å². The number of nitrogens with two attached hydrogens (primary N) is 4. The van der Waals surface area contributed by atoms with E-state index in [4.69, 9.17) is 22.9 Å².